The highest BCUT2D eigenvalue weighted by atomic mass is 35.5. The predicted molar refractivity (Wildman–Crippen MR) is 75.7 cm³/mol. The molecule has 1 saturated heterocycles. The third-order valence-electron chi connectivity index (χ3n) is 3.47. The smallest absolute Gasteiger partial charge is 0.329 e. The summed E-state index contributed by atoms with van der Waals surface area (Å²) < 4.78 is 0. The molecule has 19 heavy (non-hydrogen) atoms. The summed E-state index contributed by atoms with van der Waals surface area (Å²) in [6.07, 6.45) is 3.76. The molecule has 2 heterocycles. The topological polar surface area (TPSA) is 59.3 Å². The monoisotopic (exact) mass is 283 g/mol. The Labute approximate surface area is 117 Å². The van der Waals surface area contributed by atoms with Crippen molar-refractivity contribution in [2.45, 2.75) is 26.7 Å². The summed E-state index contributed by atoms with van der Waals surface area (Å²) in [5.41, 5.74) is 0.519. The molecule has 1 unspecified atom stereocenters. The molecule has 0 aromatic carbocycles. The predicted octanol–water partition coefficient (Wildman–Crippen LogP) is 3.52. The molecule has 104 valence electrons. The van der Waals surface area contributed by atoms with E-state index < -0.39 is 4.92 Å². The van der Waals surface area contributed by atoms with Gasteiger partial charge >= 0.3 is 5.69 Å². The third-order valence-corrected chi connectivity index (χ3v) is 3.75. The quantitative estimate of drug-likeness (QED) is 0.482. The van der Waals surface area contributed by atoms with E-state index in [0.29, 0.717) is 17.5 Å². The van der Waals surface area contributed by atoms with E-state index in [1.807, 2.05) is 0 Å². The zero-order valence-corrected chi connectivity index (χ0v) is 11.9. The van der Waals surface area contributed by atoms with Crippen LogP contribution in [0.1, 0.15) is 26.7 Å². The summed E-state index contributed by atoms with van der Waals surface area (Å²) in [7, 11) is 0. The van der Waals surface area contributed by atoms with Crippen LogP contribution in [0.3, 0.4) is 0 Å². The van der Waals surface area contributed by atoms with Gasteiger partial charge in [-0.15, -0.1) is 0 Å². The summed E-state index contributed by atoms with van der Waals surface area (Å²) in [4.78, 5) is 16.5. The van der Waals surface area contributed by atoms with Crippen molar-refractivity contribution in [2.75, 3.05) is 18.0 Å². The van der Waals surface area contributed by atoms with E-state index in [1.54, 1.807) is 6.07 Å². The number of nitro groups is 1. The number of nitrogens with zero attached hydrogens (tertiary/aromatic N) is 3. The van der Waals surface area contributed by atoms with Gasteiger partial charge in [-0.2, -0.15) is 0 Å². The van der Waals surface area contributed by atoms with Gasteiger partial charge in [-0.1, -0.05) is 25.4 Å². The molecule has 0 spiro atoms. The van der Waals surface area contributed by atoms with E-state index in [-0.39, 0.29) is 10.8 Å². The van der Waals surface area contributed by atoms with E-state index in [4.69, 9.17) is 11.6 Å². The lowest BCUT2D eigenvalue weighted by atomic mass is 9.97. The average molecular weight is 284 g/mol. The summed E-state index contributed by atoms with van der Waals surface area (Å²) in [5, 5.41) is 11.1. The molecule has 0 aliphatic carbocycles. The highest BCUT2D eigenvalue weighted by Crippen LogP contribution is 2.36. The largest absolute Gasteiger partial charge is 0.366 e. The van der Waals surface area contributed by atoms with E-state index in [1.165, 1.54) is 6.20 Å². The maximum absolute atomic E-state index is 11.1. The molecule has 0 saturated carbocycles. The van der Waals surface area contributed by atoms with Gasteiger partial charge in [0.2, 0.25) is 5.15 Å². The van der Waals surface area contributed by atoms with E-state index in [0.717, 1.165) is 25.9 Å². The van der Waals surface area contributed by atoms with Crippen molar-refractivity contribution in [1.82, 2.24) is 4.98 Å². The van der Waals surface area contributed by atoms with Gasteiger partial charge in [-0.05, 0) is 30.7 Å². The second kappa shape index (κ2) is 5.74. The zero-order valence-electron chi connectivity index (χ0n) is 11.2. The van der Waals surface area contributed by atoms with Gasteiger partial charge in [-0.3, -0.25) is 10.1 Å². The van der Waals surface area contributed by atoms with Gasteiger partial charge < -0.3 is 4.90 Å². The lowest BCUT2D eigenvalue weighted by Gasteiger charge is -2.19. The number of hydrogen-bond donors (Lipinski definition) is 0. The van der Waals surface area contributed by atoms with Crippen LogP contribution in [-0.2, 0) is 0 Å². The Balaban J connectivity index is 2.20. The first kappa shape index (κ1) is 14.1. The molecule has 0 N–H and O–H groups in total. The molecule has 1 fully saturated rings. The fourth-order valence-electron chi connectivity index (χ4n) is 2.75. The molecule has 1 aromatic rings. The Bertz CT molecular complexity index is 479. The molecule has 0 amide bonds. The Morgan fingerprint density at radius 2 is 2.37 bits per heavy atom. The molecular weight excluding hydrogens is 266 g/mol. The van der Waals surface area contributed by atoms with Crippen LogP contribution in [0.4, 0.5) is 11.4 Å². The Hall–Kier alpha value is -1.36. The Morgan fingerprint density at radius 3 is 3.00 bits per heavy atom. The molecule has 1 atom stereocenters. The molecule has 1 aliphatic rings. The lowest BCUT2D eigenvalue weighted by Crippen LogP contribution is -2.21. The van der Waals surface area contributed by atoms with Crippen molar-refractivity contribution >= 4 is 23.0 Å². The van der Waals surface area contributed by atoms with Gasteiger partial charge in [0.05, 0.1) is 4.92 Å². The van der Waals surface area contributed by atoms with Gasteiger partial charge in [0.1, 0.15) is 5.69 Å². The molecule has 0 bridgehead atoms. The Kier molecular flexibility index (Phi) is 4.24. The fraction of sp³-hybridized carbons (Fsp3) is 0.615. The van der Waals surface area contributed by atoms with Crippen molar-refractivity contribution < 1.29 is 4.92 Å². The number of pyridine rings is 1. The third kappa shape index (κ3) is 3.15. The molecule has 5 nitrogen and oxygen atoms in total. The molecule has 1 aliphatic heterocycles. The molecule has 2 rings (SSSR count). The minimum Gasteiger partial charge on any atom is -0.366 e. The van der Waals surface area contributed by atoms with Crippen LogP contribution in [-0.4, -0.2) is 23.0 Å². The number of hydrogen-bond acceptors (Lipinski definition) is 4. The van der Waals surface area contributed by atoms with Crippen molar-refractivity contribution in [2.24, 2.45) is 11.8 Å². The van der Waals surface area contributed by atoms with E-state index >= 15 is 0 Å². The van der Waals surface area contributed by atoms with Crippen LogP contribution in [0.15, 0.2) is 12.3 Å². The standard InChI is InChI=1S/C13H18ClN3O2/c1-9(2)7-10-4-6-16(8-10)11-3-5-15-13(14)12(11)17(18)19/h3,5,9-10H,4,6-8H2,1-2H3. The molecule has 0 radical (unpaired) electrons. The second-order valence-corrected chi connectivity index (χ2v) is 5.81. The highest BCUT2D eigenvalue weighted by Gasteiger charge is 2.29. The van der Waals surface area contributed by atoms with Crippen LogP contribution in [0.5, 0.6) is 0 Å². The first-order valence-electron chi connectivity index (χ1n) is 6.53. The second-order valence-electron chi connectivity index (χ2n) is 5.46. The first-order chi connectivity index (χ1) is 8.99. The highest BCUT2D eigenvalue weighted by molar-refractivity contribution is 6.32. The van der Waals surface area contributed by atoms with E-state index in [2.05, 4.69) is 23.7 Å². The lowest BCUT2D eigenvalue weighted by molar-refractivity contribution is -0.384. The SMILES string of the molecule is CC(C)CC1CCN(c2ccnc(Cl)c2[N+](=O)[O-])C1. The van der Waals surface area contributed by atoms with Crippen molar-refractivity contribution in [3.8, 4) is 0 Å². The summed E-state index contributed by atoms with van der Waals surface area (Å²) in [6, 6.07) is 1.68. The van der Waals surface area contributed by atoms with Crippen molar-refractivity contribution in [3.63, 3.8) is 0 Å². The average Bonchev–Trinajstić information content (AvgIpc) is 2.75. The van der Waals surface area contributed by atoms with Gasteiger partial charge in [0, 0.05) is 19.3 Å². The zero-order chi connectivity index (χ0) is 14.0. The van der Waals surface area contributed by atoms with Gasteiger partial charge in [-0.25, -0.2) is 4.98 Å². The van der Waals surface area contributed by atoms with Gasteiger partial charge in [0.25, 0.3) is 0 Å². The molecule has 6 heteroatoms. The molecule has 1 aromatic heterocycles. The van der Waals surface area contributed by atoms with Crippen LogP contribution >= 0.6 is 11.6 Å². The van der Waals surface area contributed by atoms with Crippen LogP contribution in [0, 0.1) is 22.0 Å². The number of rotatable bonds is 4. The van der Waals surface area contributed by atoms with Crippen LogP contribution in [0.2, 0.25) is 5.15 Å². The number of anilines is 1. The van der Waals surface area contributed by atoms with Crippen LogP contribution in [0.25, 0.3) is 0 Å². The molecular formula is C13H18ClN3O2. The number of aromatic nitrogens is 1. The van der Waals surface area contributed by atoms with Crippen molar-refractivity contribution in [3.05, 3.63) is 27.5 Å². The summed E-state index contributed by atoms with van der Waals surface area (Å²) in [5.74, 6) is 1.26. The maximum Gasteiger partial charge on any atom is 0.329 e. The first-order valence-corrected chi connectivity index (χ1v) is 6.90. The summed E-state index contributed by atoms with van der Waals surface area (Å²) >= 11 is 5.84. The normalized spacial score (nSPS) is 19.2. The minimum absolute atomic E-state index is 0.0326. The minimum atomic E-state index is -0.444. The van der Waals surface area contributed by atoms with E-state index in [9.17, 15) is 10.1 Å². The number of halogens is 1. The maximum atomic E-state index is 11.1. The van der Waals surface area contributed by atoms with Crippen molar-refractivity contribution in [1.29, 1.82) is 0 Å². The van der Waals surface area contributed by atoms with Crippen LogP contribution < -0.4 is 4.90 Å². The summed E-state index contributed by atoms with van der Waals surface area (Å²) in [6.45, 7) is 6.11. The van der Waals surface area contributed by atoms with Gasteiger partial charge in [0.15, 0.2) is 0 Å². The fourth-order valence-corrected chi connectivity index (χ4v) is 2.98. The Morgan fingerprint density at radius 1 is 1.63 bits per heavy atom.